The lowest BCUT2D eigenvalue weighted by molar-refractivity contribution is 0.577. The molecule has 0 spiro atoms. The van der Waals surface area contributed by atoms with Gasteiger partial charge >= 0.3 is 0 Å². The maximum atomic E-state index is 13.3. The Morgan fingerprint density at radius 3 is 2.55 bits per heavy atom. The first-order chi connectivity index (χ1) is 9.52. The molecule has 0 atom stereocenters. The van der Waals surface area contributed by atoms with Crippen LogP contribution in [0.2, 0.25) is 0 Å². The van der Waals surface area contributed by atoms with Crippen LogP contribution >= 0.6 is 15.9 Å². The predicted octanol–water partition coefficient (Wildman–Crippen LogP) is 3.83. The number of pyridine rings is 1. The van der Waals surface area contributed by atoms with Crippen LogP contribution in [0.4, 0.5) is 8.78 Å². The zero-order chi connectivity index (χ0) is 14.3. The average Bonchev–Trinajstić information content (AvgIpc) is 2.65. The molecule has 0 saturated heterocycles. The quantitative estimate of drug-likeness (QED) is 0.711. The number of nitrogens with zero attached hydrogens (tertiary/aromatic N) is 3. The van der Waals surface area contributed by atoms with Gasteiger partial charge in [-0.25, -0.2) is 18.7 Å². The maximum Gasteiger partial charge on any atom is 0.177 e. The third-order valence-electron chi connectivity index (χ3n) is 3.03. The minimum Gasteiger partial charge on any atom is -0.322 e. The summed E-state index contributed by atoms with van der Waals surface area (Å²) in [7, 11) is 0. The van der Waals surface area contributed by atoms with Crippen LogP contribution in [0.25, 0.3) is 11.2 Å². The number of fused-ring (bicyclic) bond motifs is 1. The van der Waals surface area contributed by atoms with Gasteiger partial charge in [0.1, 0.15) is 17.5 Å². The molecule has 3 nitrogen and oxygen atoms in total. The molecule has 0 unspecified atom stereocenters. The van der Waals surface area contributed by atoms with Crippen molar-refractivity contribution >= 4 is 27.1 Å². The number of imidazole rings is 1. The van der Waals surface area contributed by atoms with Crippen LogP contribution in [0, 0.1) is 18.6 Å². The van der Waals surface area contributed by atoms with Crippen molar-refractivity contribution in [3.8, 4) is 0 Å². The standard InChI is InChI=1S/C14H10BrF2N3/c1-8-19-14-13(4-10(15)6-18-14)20(8)7-9-2-11(16)5-12(17)3-9/h2-6H,7H2,1H3. The van der Waals surface area contributed by atoms with Gasteiger partial charge in [-0.05, 0) is 46.6 Å². The van der Waals surface area contributed by atoms with Crippen molar-refractivity contribution in [2.75, 3.05) is 0 Å². The van der Waals surface area contributed by atoms with Crippen LogP contribution in [0.15, 0.2) is 34.9 Å². The van der Waals surface area contributed by atoms with E-state index >= 15 is 0 Å². The molecule has 0 fully saturated rings. The van der Waals surface area contributed by atoms with Gasteiger partial charge < -0.3 is 4.57 Å². The fourth-order valence-corrected chi connectivity index (χ4v) is 2.50. The third-order valence-corrected chi connectivity index (χ3v) is 3.46. The van der Waals surface area contributed by atoms with Crippen molar-refractivity contribution in [1.82, 2.24) is 14.5 Å². The molecule has 0 aliphatic heterocycles. The van der Waals surface area contributed by atoms with Crippen molar-refractivity contribution in [2.45, 2.75) is 13.5 Å². The molecule has 3 rings (SSSR count). The molecular formula is C14H10BrF2N3. The molecule has 0 aliphatic carbocycles. The molecule has 2 heterocycles. The van der Waals surface area contributed by atoms with Gasteiger partial charge in [0, 0.05) is 23.3 Å². The first-order valence-electron chi connectivity index (χ1n) is 5.96. The van der Waals surface area contributed by atoms with E-state index in [1.165, 1.54) is 12.1 Å². The summed E-state index contributed by atoms with van der Waals surface area (Å²) in [4.78, 5) is 8.55. The van der Waals surface area contributed by atoms with Crippen molar-refractivity contribution in [3.05, 3.63) is 58.0 Å². The van der Waals surface area contributed by atoms with Crippen LogP contribution in [-0.4, -0.2) is 14.5 Å². The van der Waals surface area contributed by atoms with E-state index in [2.05, 4.69) is 25.9 Å². The number of hydrogen-bond donors (Lipinski definition) is 0. The van der Waals surface area contributed by atoms with E-state index in [0.717, 1.165) is 21.9 Å². The highest BCUT2D eigenvalue weighted by atomic mass is 79.9. The summed E-state index contributed by atoms with van der Waals surface area (Å²) in [5.74, 6) is -0.418. The lowest BCUT2D eigenvalue weighted by atomic mass is 10.2. The van der Waals surface area contributed by atoms with Crippen LogP contribution < -0.4 is 0 Å². The number of rotatable bonds is 2. The maximum absolute atomic E-state index is 13.3. The molecule has 0 aliphatic rings. The number of aryl methyl sites for hydroxylation is 1. The van der Waals surface area contributed by atoms with Crippen LogP contribution in [0.1, 0.15) is 11.4 Å². The first-order valence-corrected chi connectivity index (χ1v) is 6.75. The Kier molecular flexibility index (Phi) is 3.25. The summed E-state index contributed by atoms with van der Waals surface area (Å²) in [5, 5.41) is 0. The van der Waals surface area contributed by atoms with Gasteiger partial charge in [-0.1, -0.05) is 0 Å². The number of halogens is 3. The van der Waals surface area contributed by atoms with Gasteiger partial charge in [-0.15, -0.1) is 0 Å². The highest BCUT2D eigenvalue weighted by molar-refractivity contribution is 9.10. The summed E-state index contributed by atoms with van der Waals surface area (Å²) in [5.41, 5.74) is 1.98. The molecule has 1 aromatic carbocycles. The van der Waals surface area contributed by atoms with E-state index in [1.54, 1.807) is 6.20 Å². The number of hydrogen-bond acceptors (Lipinski definition) is 2. The molecule has 2 aromatic heterocycles. The summed E-state index contributed by atoms with van der Waals surface area (Å²) in [6, 6.07) is 5.39. The summed E-state index contributed by atoms with van der Waals surface area (Å²) >= 11 is 3.36. The molecule has 0 saturated carbocycles. The van der Waals surface area contributed by atoms with E-state index in [-0.39, 0.29) is 0 Å². The molecule has 0 bridgehead atoms. The van der Waals surface area contributed by atoms with E-state index in [4.69, 9.17) is 0 Å². The smallest absolute Gasteiger partial charge is 0.177 e. The predicted molar refractivity (Wildman–Crippen MR) is 75.4 cm³/mol. The average molecular weight is 338 g/mol. The van der Waals surface area contributed by atoms with Crippen molar-refractivity contribution in [3.63, 3.8) is 0 Å². The Labute approximate surface area is 122 Å². The number of benzene rings is 1. The van der Waals surface area contributed by atoms with Crippen LogP contribution in [-0.2, 0) is 6.54 Å². The minimum absolute atomic E-state index is 0.342. The van der Waals surface area contributed by atoms with E-state index in [9.17, 15) is 8.78 Å². The van der Waals surface area contributed by atoms with Gasteiger partial charge in [0.2, 0.25) is 0 Å². The first kappa shape index (κ1) is 13.2. The lowest BCUT2D eigenvalue weighted by Crippen LogP contribution is -2.03. The minimum atomic E-state index is -0.582. The van der Waals surface area contributed by atoms with Gasteiger partial charge in [0.05, 0.1) is 5.52 Å². The highest BCUT2D eigenvalue weighted by Crippen LogP contribution is 2.20. The van der Waals surface area contributed by atoms with Gasteiger partial charge in [-0.3, -0.25) is 0 Å². The van der Waals surface area contributed by atoms with Crippen molar-refractivity contribution in [1.29, 1.82) is 0 Å². The monoisotopic (exact) mass is 337 g/mol. The Morgan fingerprint density at radius 2 is 1.85 bits per heavy atom. The summed E-state index contributed by atoms with van der Waals surface area (Å²) in [6.07, 6.45) is 1.67. The Balaban J connectivity index is 2.10. The molecule has 20 heavy (non-hydrogen) atoms. The third kappa shape index (κ3) is 2.43. The Hall–Kier alpha value is -1.82. The van der Waals surface area contributed by atoms with Crippen molar-refractivity contribution < 1.29 is 8.78 Å². The van der Waals surface area contributed by atoms with E-state index in [1.807, 2.05) is 17.6 Å². The van der Waals surface area contributed by atoms with Gasteiger partial charge in [-0.2, -0.15) is 0 Å². The van der Waals surface area contributed by atoms with Gasteiger partial charge in [0.15, 0.2) is 5.65 Å². The SMILES string of the molecule is Cc1nc2ncc(Br)cc2n1Cc1cc(F)cc(F)c1. The topological polar surface area (TPSA) is 30.7 Å². The second-order valence-corrected chi connectivity index (χ2v) is 5.43. The normalized spacial score (nSPS) is 11.2. The fourth-order valence-electron chi connectivity index (χ4n) is 2.18. The fraction of sp³-hybridized carbons (Fsp3) is 0.143. The molecule has 0 N–H and O–H groups in total. The van der Waals surface area contributed by atoms with E-state index < -0.39 is 11.6 Å². The molecule has 3 aromatic rings. The highest BCUT2D eigenvalue weighted by Gasteiger charge is 2.10. The molecule has 6 heteroatoms. The molecule has 102 valence electrons. The van der Waals surface area contributed by atoms with Crippen molar-refractivity contribution in [2.24, 2.45) is 0 Å². The van der Waals surface area contributed by atoms with Gasteiger partial charge in [0.25, 0.3) is 0 Å². The van der Waals surface area contributed by atoms with Crippen LogP contribution in [0.3, 0.4) is 0 Å². The molecule has 0 radical (unpaired) electrons. The Morgan fingerprint density at radius 1 is 1.15 bits per heavy atom. The second-order valence-electron chi connectivity index (χ2n) is 4.52. The Bertz CT molecular complexity index is 778. The molecule has 0 amide bonds. The zero-order valence-electron chi connectivity index (χ0n) is 10.6. The lowest BCUT2D eigenvalue weighted by Gasteiger charge is -2.07. The second kappa shape index (κ2) is 4.94. The largest absolute Gasteiger partial charge is 0.322 e. The molecular weight excluding hydrogens is 328 g/mol. The number of aromatic nitrogens is 3. The zero-order valence-corrected chi connectivity index (χ0v) is 12.2. The van der Waals surface area contributed by atoms with E-state index in [0.29, 0.717) is 17.8 Å². The summed E-state index contributed by atoms with van der Waals surface area (Å²) in [6.45, 7) is 2.18. The van der Waals surface area contributed by atoms with Crippen LogP contribution in [0.5, 0.6) is 0 Å². The summed E-state index contributed by atoms with van der Waals surface area (Å²) < 4.78 is 29.2.